The smallest absolute Gasteiger partial charge is 0.284 e. The Morgan fingerprint density at radius 1 is 1.38 bits per heavy atom. The molecule has 9 nitrogen and oxygen atoms in total. The van der Waals surface area contributed by atoms with E-state index in [9.17, 15) is 14.9 Å². The van der Waals surface area contributed by atoms with Crippen LogP contribution in [0.2, 0.25) is 0 Å². The molecule has 0 aliphatic heterocycles. The maximum absolute atomic E-state index is 11.6. The lowest BCUT2D eigenvalue weighted by Crippen LogP contribution is -2.24. The first-order chi connectivity index (χ1) is 11.1. The summed E-state index contributed by atoms with van der Waals surface area (Å²) in [6, 6.07) is 4.23. The van der Waals surface area contributed by atoms with Gasteiger partial charge in [0.25, 0.3) is 11.6 Å². The van der Waals surface area contributed by atoms with E-state index in [1.165, 1.54) is 29.9 Å². The van der Waals surface area contributed by atoms with Gasteiger partial charge in [0.15, 0.2) is 5.82 Å². The minimum absolute atomic E-state index is 0.193. The van der Waals surface area contributed by atoms with Gasteiger partial charge in [0.05, 0.1) is 9.82 Å². The Hall–Kier alpha value is -2.62. The summed E-state index contributed by atoms with van der Waals surface area (Å²) in [5.74, 6) is 6.17. The average Bonchev–Trinajstić information content (AvgIpc) is 2.87. The molecule has 1 aromatic heterocycles. The summed E-state index contributed by atoms with van der Waals surface area (Å²) >= 11 is 1.03. The van der Waals surface area contributed by atoms with Gasteiger partial charge in [0.1, 0.15) is 0 Å². The third-order valence-electron chi connectivity index (χ3n) is 3.18. The van der Waals surface area contributed by atoms with Crippen molar-refractivity contribution < 1.29 is 9.72 Å². The molecule has 10 heteroatoms. The van der Waals surface area contributed by atoms with E-state index in [4.69, 9.17) is 5.84 Å². The normalized spacial score (nSPS) is 11.3. The second-order valence-electron chi connectivity index (χ2n) is 6.05. The van der Waals surface area contributed by atoms with Gasteiger partial charge in [-0.3, -0.25) is 14.9 Å². The molecule has 0 saturated heterocycles. The molecular formula is C14H18N6O3S. The number of nitro groups is 1. The maximum Gasteiger partial charge on any atom is 0.284 e. The minimum atomic E-state index is -0.545. The van der Waals surface area contributed by atoms with Crippen molar-refractivity contribution in [3.05, 3.63) is 39.7 Å². The van der Waals surface area contributed by atoms with Gasteiger partial charge < -0.3 is 11.2 Å². The average molecular weight is 350 g/mol. The molecule has 24 heavy (non-hydrogen) atoms. The molecule has 0 fully saturated rings. The first kappa shape index (κ1) is 17.7. The van der Waals surface area contributed by atoms with Gasteiger partial charge in [-0.1, -0.05) is 20.8 Å². The highest BCUT2D eigenvalue weighted by atomic mass is 32.2. The quantitative estimate of drug-likeness (QED) is 0.488. The summed E-state index contributed by atoms with van der Waals surface area (Å²) in [5.41, 5.74) is -0.296. The van der Waals surface area contributed by atoms with Crippen LogP contribution in [-0.2, 0) is 5.41 Å². The van der Waals surface area contributed by atoms with E-state index in [1.807, 2.05) is 20.8 Å². The molecule has 2 aromatic rings. The number of hydrogen-bond acceptors (Lipinski definition) is 7. The molecule has 0 atom stereocenters. The lowest BCUT2D eigenvalue weighted by atomic mass is 9.96. The first-order valence-electron chi connectivity index (χ1n) is 7.04. The van der Waals surface area contributed by atoms with Crippen molar-refractivity contribution in [3.63, 3.8) is 0 Å². The van der Waals surface area contributed by atoms with Gasteiger partial charge in [-0.15, -0.1) is 10.2 Å². The van der Waals surface area contributed by atoms with Crippen molar-refractivity contribution in [1.29, 1.82) is 0 Å². The van der Waals surface area contributed by atoms with Crippen LogP contribution < -0.4 is 11.2 Å². The number of hydrogen-bond donors (Lipinski definition) is 2. The van der Waals surface area contributed by atoms with E-state index in [0.717, 1.165) is 11.8 Å². The Kier molecular flexibility index (Phi) is 4.78. The largest absolute Gasteiger partial charge is 0.355 e. The highest BCUT2D eigenvalue weighted by Gasteiger charge is 2.25. The van der Waals surface area contributed by atoms with Crippen LogP contribution in [0.25, 0.3) is 0 Å². The number of carbonyl (C=O) groups is 1. The Morgan fingerprint density at radius 2 is 2.04 bits per heavy atom. The highest BCUT2D eigenvalue weighted by Crippen LogP contribution is 2.35. The summed E-state index contributed by atoms with van der Waals surface area (Å²) in [5, 5.41) is 22.1. The van der Waals surface area contributed by atoms with Gasteiger partial charge in [-0.25, -0.2) is 4.68 Å². The van der Waals surface area contributed by atoms with Gasteiger partial charge in [0, 0.05) is 24.1 Å². The first-order valence-corrected chi connectivity index (χ1v) is 7.86. The molecule has 128 valence electrons. The summed E-state index contributed by atoms with van der Waals surface area (Å²) in [4.78, 5) is 22.7. The zero-order valence-electron chi connectivity index (χ0n) is 13.7. The Morgan fingerprint density at radius 3 is 2.54 bits per heavy atom. The van der Waals surface area contributed by atoms with E-state index in [0.29, 0.717) is 15.9 Å². The van der Waals surface area contributed by atoms with E-state index < -0.39 is 10.8 Å². The molecule has 0 saturated carbocycles. The van der Waals surface area contributed by atoms with Crippen molar-refractivity contribution >= 4 is 23.4 Å². The molecule has 0 bridgehead atoms. The van der Waals surface area contributed by atoms with Crippen LogP contribution in [0.15, 0.2) is 28.3 Å². The van der Waals surface area contributed by atoms with Crippen molar-refractivity contribution in [2.24, 2.45) is 0 Å². The van der Waals surface area contributed by atoms with Crippen molar-refractivity contribution in [2.75, 3.05) is 12.9 Å². The van der Waals surface area contributed by atoms with Gasteiger partial charge >= 0.3 is 0 Å². The molecule has 1 aromatic carbocycles. The lowest BCUT2D eigenvalue weighted by molar-refractivity contribution is -0.387. The number of nitro benzene ring substituents is 1. The number of nitrogens with one attached hydrogen (secondary N) is 1. The van der Waals surface area contributed by atoms with Crippen molar-refractivity contribution in [2.45, 2.75) is 36.2 Å². The zero-order chi connectivity index (χ0) is 18.1. The fourth-order valence-corrected chi connectivity index (χ4v) is 2.83. The number of benzene rings is 1. The van der Waals surface area contributed by atoms with Crippen LogP contribution in [0.4, 0.5) is 5.69 Å². The number of nitrogen functional groups attached to an aromatic ring is 1. The van der Waals surface area contributed by atoms with E-state index >= 15 is 0 Å². The molecule has 3 N–H and O–H groups in total. The Bertz CT molecular complexity index is 796. The van der Waals surface area contributed by atoms with Crippen LogP contribution in [0.3, 0.4) is 0 Å². The third kappa shape index (κ3) is 3.48. The minimum Gasteiger partial charge on any atom is -0.355 e. The summed E-state index contributed by atoms with van der Waals surface area (Å²) < 4.78 is 1.32. The summed E-state index contributed by atoms with van der Waals surface area (Å²) in [6.07, 6.45) is 0. The van der Waals surface area contributed by atoms with Crippen LogP contribution in [0, 0.1) is 10.1 Å². The fourth-order valence-electron chi connectivity index (χ4n) is 1.99. The number of nitrogens with two attached hydrogens (primary N) is 1. The van der Waals surface area contributed by atoms with Gasteiger partial charge in [-0.2, -0.15) is 0 Å². The van der Waals surface area contributed by atoms with Crippen LogP contribution in [-0.4, -0.2) is 32.8 Å². The molecule has 0 aliphatic carbocycles. The van der Waals surface area contributed by atoms with E-state index in [-0.39, 0.29) is 16.7 Å². The molecular weight excluding hydrogens is 332 g/mol. The summed E-state index contributed by atoms with van der Waals surface area (Å²) in [6.45, 7) is 5.82. The van der Waals surface area contributed by atoms with E-state index in [2.05, 4.69) is 15.5 Å². The number of amides is 1. The predicted molar refractivity (Wildman–Crippen MR) is 89.5 cm³/mol. The topological polar surface area (TPSA) is 129 Å². The number of rotatable bonds is 4. The Labute approximate surface area is 142 Å². The Balaban J connectivity index is 2.42. The number of aromatic nitrogens is 3. The summed E-state index contributed by atoms with van der Waals surface area (Å²) in [7, 11) is 1.46. The number of nitrogens with zero attached hydrogens (tertiary/aromatic N) is 4. The monoisotopic (exact) mass is 350 g/mol. The molecule has 0 aliphatic rings. The van der Waals surface area contributed by atoms with Gasteiger partial charge in [-0.05, 0) is 23.9 Å². The molecule has 0 spiro atoms. The standard InChI is InChI=1S/C14H18N6O3S/c1-14(2,3)12-17-18-13(19(12)15)24-10-6-5-8(11(21)16-4)7-9(10)20(22)23/h5-7H,15H2,1-4H3,(H,16,21). The molecule has 2 rings (SSSR count). The van der Waals surface area contributed by atoms with E-state index in [1.54, 1.807) is 0 Å². The van der Waals surface area contributed by atoms with Crippen LogP contribution >= 0.6 is 11.8 Å². The van der Waals surface area contributed by atoms with Crippen molar-refractivity contribution in [1.82, 2.24) is 20.2 Å². The SMILES string of the molecule is CNC(=O)c1ccc(Sc2nnc(C(C)(C)C)n2N)c([N+](=O)[O-])c1. The van der Waals surface area contributed by atoms with Gasteiger partial charge in [0.2, 0.25) is 5.16 Å². The lowest BCUT2D eigenvalue weighted by Gasteiger charge is -2.16. The van der Waals surface area contributed by atoms with Crippen molar-refractivity contribution in [3.8, 4) is 0 Å². The fraction of sp³-hybridized carbons (Fsp3) is 0.357. The molecule has 0 unspecified atom stereocenters. The van der Waals surface area contributed by atoms with Crippen LogP contribution in [0.5, 0.6) is 0 Å². The second-order valence-corrected chi connectivity index (χ2v) is 7.06. The molecule has 0 radical (unpaired) electrons. The molecule has 1 amide bonds. The highest BCUT2D eigenvalue weighted by molar-refractivity contribution is 7.99. The predicted octanol–water partition coefficient (Wildman–Crippen LogP) is 1.71. The maximum atomic E-state index is 11.6. The molecule has 1 heterocycles. The number of carbonyl (C=O) groups excluding carboxylic acids is 1. The van der Waals surface area contributed by atoms with Crippen LogP contribution in [0.1, 0.15) is 37.0 Å². The third-order valence-corrected chi connectivity index (χ3v) is 4.21. The second kappa shape index (κ2) is 6.48. The zero-order valence-corrected chi connectivity index (χ0v) is 14.5.